The van der Waals surface area contributed by atoms with E-state index in [0.717, 1.165) is 10.6 Å². The molecule has 3 aromatic rings. The maximum absolute atomic E-state index is 6.29. The third-order valence-corrected chi connectivity index (χ3v) is 4.51. The fourth-order valence-corrected chi connectivity index (χ4v) is 2.80. The van der Waals surface area contributed by atoms with Crippen molar-refractivity contribution in [2.75, 3.05) is 0 Å². The van der Waals surface area contributed by atoms with Gasteiger partial charge in [0.05, 0.1) is 0 Å². The standard InChI is InChI=1S/C21H19Cl/c1-14-4-8-17(9-5-14)18-10-6-15(2)20(12-18)19-11-7-16(3)21(22)13-19/h4-13H,1-3H3. The molecule has 0 amide bonds. The number of halogens is 1. The lowest BCUT2D eigenvalue weighted by molar-refractivity contribution is 1.42. The molecule has 0 spiro atoms. The van der Waals surface area contributed by atoms with Crippen molar-refractivity contribution in [3.05, 3.63) is 82.4 Å². The molecule has 0 unspecified atom stereocenters. The summed E-state index contributed by atoms with van der Waals surface area (Å²) in [5, 5.41) is 0.817. The molecule has 0 N–H and O–H groups in total. The van der Waals surface area contributed by atoms with Crippen molar-refractivity contribution < 1.29 is 0 Å². The summed E-state index contributed by atoms with van der Waals surface area (Å²) >= 11 is 6.29. The molecule has 0 fully saturated rings. The predicted octanol–water partition coefficient (Wildman–Crippen LogP) is 6.60. The van der Waals surface area contributed by atoms with Crippen molar-refractivity contribution in [1.29, 1.82) is 0 Å². The molecule has 0 aliphatic carbocycles. The number of aryl methyl sites for hydroxylation is 3. The third-order valence-electron chi connectivity index (χ3n) is 4.11. The van der Waals surface area contributed by atoms with Gasteiger partial charge in [-0.2, -0.15) is 0 Å². The van der Waals surface area contributed by atoms with Gasteiger partial charge in [-0.05, 0) is 66.3 Å². The molecule has 0 aliphatic heterocycles. The fourth-order valence-electron chi connectivity index (χ4n) is 2.62. The Kier molecular flexibility index (Phi) is 4.04. The van der Waals surface area contributed by atoms with E-state index in [-0.39, 0.29) is 0 Å². The van der Waals surface area contributed by atoms with E-state index >= 15 is 0 Å². The first-order chi connectivity index (χ1) is 10.5. The monoisotopic (exact) mass is 306 g/mol. The van der Waals surface area contributed by atoms with Crippen LogP contribution in [0.5, 0.6) is 0 Å². The first-order valence-electron chi connectivity index (χ1n) is 7.49. The number of hydrogen-bond donors (Lipinski definition) is 0. The van der Waals surface area contributed by atoms with E-state index in [1.54, 1.807) is 0 Å². The topological polar surface area (TPSA) is 0 Å². The van der Waals surface area contributed by atoms with Gasteiger partial charge in [0.2, 0.25) is 0 Å². The van der Waals surface area contributed by atoms with E-state index in [2.05, 4.69) is 74.5 Å². The Morgan fingerprint density at radius 3 is 1.86 bits per heavy atom. The van der Waals surface area contributed by atoms with Gasteiger partial charge in [0, 0.05) is 5.02 Å². The summed E-state index contributed by atoms with van der Waals surface area (Å²) in [6, 6.07) is 21.5. The number of hydrogen-bond acceptors (Lipinski definition) is 0. The zero-order chi connectivity index (χ0) is 15.7. The van der Waals surface area contributed by atoms with E-state index in [4.69, 9.17) is 11.6 Å². The molecular weight excluding hydrogens is 288 g/mol. The number of rotatable bonds is 2. The summed E-state index contributed by atoms with van der Waals surface area (Å²) in [6.07, 6.45) is 0. The highest BCUT2D eigenvalue weighted by atomic mass is 35.5. The van der Waals surface area contributed by atoms with Gasteiger partial charge in [0.1, 0.15) is 0 Å². The highest BCUT2D eigenvalue weighted by Gasteiger charge is 2.07. The first kappa shape index (κ1) is 14.9. The Labute approximate surface area is 137 Å². The summed E-state index contributed by atoms with van der Waals surface area (Å²) in [6.45, 7) is 6.28. The van der Waals surface area contributed by atoms with Crippen LogP contribution in [0, 0.1) is 20.8 Å². The largest absolute Gasteiger partial charge is 0.0840 e. The van der Waals surface area contributed by atoms with Gasteiger partial charge in [-0.3, -0.25) is 0 Å². The molecule has 1 heteroatoms. The van der Waals surface area contributed by atoms with Crippen LogP contribution in [-0.4, -0.2) is 0 Å². The van der Waals surface area contributed by atoms with Gasteiger partial charge in [-0.1, -0.05) is 65.7 Å². The van der Waals surface area contributed by atoms with Crippen LogP contribution in [-0.2, 0) is 0 Å². The lowest BCUT2D eigenvalue weighted by Gasteiger charge is -2.11. The lowest BCUT2D eigenvalue weighted by atomic mass is 9.94. The second-order valence-corrected chi connectivity index (χ2v) is 6.27. The van der Waals surface area contributed by atoms with Crippen molar-refractivity contribution in [1.82, 2.24) is 0 Å². The lowest BCUT2D eigenvalue weighted by Crippen LogP contribution is -1.87. The highest BCUT2D eigenvalue weighted by molar-refractivity contribution is 6.31. The van der Waals surface area contributed by atoms with Gasteiger partial charge in [0.15, 0.2) is 0 Å². The van der Waals surface area contributed by atoms with Crippen LogP contribution in [0.1, 0.15) is 16.7 Å². The SMILES string of the molecule is Cc1ccc(-c2ccc(C)c(-c3ccc(C)c(Cl)c3)c2)cc1. The predicted molar refractivity (Wildman–Crippen MR) is 96.5 cm³/mol. The highest BCUT2D eigenvalue weighted by Crippen LogP contribution is 2.31. The van der Waals surface area contributed by atoms with Gasteiger partial charge >= 0.3 is 0 Å². The average Bonchev–Trinajstić information content (AvgIpc) is 2.51. The molecule has 0 aromatic heterocycles. The zero-order valence-corrected chi connectivity index (χ0v) is 13.9. The molecule has 0 atom stereocenters. The van der Waals surface area contributed by atoms with Crippen molar-refractivity contribution in [2.24, 2.45) is 0 Å². The molecule has 3 aromatic carbocycles. The molecule has 110 valence electrons. The minimum atomic E-state index is 0.817. The first-order valence-corrected chi connectivity index (χ1v) is 7.86. The van der Waals surface area contributed by atoms with E-state index in [0.29, 0.717) is 0 Å². The van der Waals surface area contributed by atoms with E-state index in [9.17, 15) is 0 Å². The number of benzene rings is 3. The second-order valence-electron chi connectivity index (χ2n) is 5.86. The Morgan fingerprint density at radius 1 is 0.591 bits per heavy atom. The van der Waals surface area contributed by atoms with Crippen molar-refractivity contribution in [3.63, 3.8) is 0 Å². The van der Waals surface area contributed by atoms with Crippen LogP contribution < -0.4 is 0 Å². The van der Waals surface area contributed by atoms with Crippen LogP contribution >= 0.6 is 11.6 Å². The summed E-state index contributed by atoms with van der Waals surface area (Å²) in [5.74, 6) is 0. The maximum atomic E-state index is 6.29. The Hall–Kier alpha value is -2.05. The minimum absolute atomic E-state index is 0.817. The molecular formula is C21H19Cl. The third kappa shape index (κ3) is 2.93. The summed E-state index contributed by atoms with van der Waals surface area (Å²) in [4.78, 5) is 0. The van der Waals surface area contributed by atoms with Gasteiger partial charge in [-0.25, -0.2) is 0 Å². The van der Waals surface area contributed by atoms with Crippen LogP contribution in [0.3, 0.4) is 0 Å². The quantitative estimate of drug-likeness (QED) is 0.500. The Morgan fingerprint density at radius 2 is 1.18 bits per heavy atom. The minimum Gasteiger partial charge on any atom is -0.0840 e. The summed E-state index contributed by atoms with van der Waals surface area (Å²) in [7, 11) is 0. The van der Waals surface area contributed by atoms with Crippen molar-refractivity contribution in [3.8, 4) is 22.3 Å². The van der Waals surface area contributed by atoms with Gasteiger partial charge in [-0.15, -0.1) is 0 Å². The molecule has 0 radical (unpaired) electrons. The van der Waals surface area contributed by atoms with Crippen LogP contribution in [0.2, 0.25) is 5.02 Å². The van der Waals surface area contributed by atoms with Crippen LogP contribution in [0.4, 0.5) is 0 Å². The normalized spacial score (nSPS) is 10.7. The fraction of sp³-hybridized carbons (Fsp3) is 0.143. The molecule has 0 saturated heterocycles. The second kappa shape index (κ2) is 5.98. The van der Waals surface area contributed by atoms with Crippen LogP contribution in [0.15, 0.2) is 60.7 Å². The smallest absolute Gasteiger partial charge is 0.0441 e. The molecule has 0 saturated carbocycles. The molecule has 0 aliphatic rings. The zero-order valence-electron chi connectivity index (χ0n) is 13.2. The van der Waals surface area contributed by atoms with Crippen molar-refractivity contribution in [2.45, 2.75) is 20.8 Å². The molecule has 3 rings (SSSR count). The van der Waals surface area contributed by atoms with E-state index < -0.39 is 0 Å². The van der Waals surface area contributed by atoms with E-state index in [1.807, 2.05) is 6.92 Å². The molecule has 0 nitrogen and oxygen atoms in total. The van der Waals surface area contributed by atoms with E-state index in [1.165, 1.54) is 33.4 Å². The van der Waals surface area contributed by atoms with Gasteiger partial charge in [0.25, 0.3) is 0 Å². The maximum Gasteiger partial charge on any atom is 0.0441 e. The Bertz CT molecular complexity index is 814. The molecule has 22 heavy (non-hydrogen) atoms. The average molecular weight is 307 g/mol. The van der Waals surface area contributed by atoms with Crippen molar-refractivity contribution >= 4 is 11.6 Å². The van der Waals surface area contributed by atoms with Gasteiger partial charge < -0.3 is 0 Å². The Balaban J connectivity index is 2.10. The summed E-state index contributed by atoms with van der Waals surface area (Å²) in [5.41, 5.74) is 8.53. The molecule has 0 bridgehead atoms. The summed E-state index contributed by atoms with van der Waals surface area (Å²) < 4.78 is 0. The molecule has 0 heterocycles. The van der Waals surface area contributed by atoms with Crippen LogP contribution in [0.25, 0.3) is 22.3 Å².